The Bertz CT molecular complexity index is 1420. The number of nitrogens with two attached hydrogens (primary N) is 1. The highest BCUT2D eigenvalue weighted by Gasteiger charge is 2.29. The summed E-state index contributed by atoms with van der Waals surface area (Å²) in [6.07, 6.45) is 3.40. The molecule has 8 heteroatoms. The Morgan fingerprint density at radius 3 is 2.37 bits per heavy atom. The number of piperazine rings is 1. The molecule has 1 fully saturated rings. The van der Waals surface area contributed by atoms with Crippen LogP contribution in [0.4, 0.5) is 11.4 Å². The van der Waals surface area contributed by atoms with Crippen molar-refractivity contribution in [3.05, 3.63) is 87.4 Å². The third-order valence-electron chi connectivity index (χ3n) is 8.02. The molecule has 0 spiro atoms. The summed E-state index contributed by atoms with van der Waals surface area (Å²) < 4.78 is 11.1. The largest absolute Gasteiger partial charge is 0.465 e. The van der Waals surface area contributed by atoms with Gasteiger partial charge in [0.1, 0.15) is 17.1 Å². The summed E-state index contributed by atoms with van der Waals surface area (Å²) >= 11 is 12.4. The van der Waals surface area contributed by atoms with Gasteiger partial charge in [0.05, 0.1) is 7.11 Å². The molecule has 41 heavy (non-hydrogen) atoms. The van der Waals surface area contributed by atoms with Gasteiger partial charge in [0, 0.05) is 66.3 Å². The first-order valence-corrected chi connectivity index (χ1v) is 14.8. The molecule has 3 aromatic carbocycles. The van der Waals surface area contributed by atoms with E-state index >= 15 is 0 Å². The van der Waals surface area contributed by atoms with Crippen LogP contribution in [0.1, 0.15) is 49.0 Å². The molecule has 2 N–H and O–H groups in total. The fourth-order valence-electron chi connectivity index (χ4n) is 5.74. The fourth-order valence-corrected chi connectivity index (χ4v) is 6.10. The zero-order chi connectivity index (χ0) is 29.1. The molecule has 3 aromatic rings. The van der Waals surface area contributed by atoms with Crippen molar-refractivity contribution in [1.29, 1.82) is 0 Å². The van der Waals surface area contributed by atoms with E-state index in [1.165, 1.54) is 24.7 Å². The van der Waals surface area contributed by atoms with Crippen molar-refractivity contribution in [3.8, 4) is 11.5 Å². The summed E-state index contributed by atoms with van der Waals surface area (Å²) in [5, 5.41) is 1.23. The number of esters is 1. The molecule has 0 radical (unpaired) electrons. The highest BCUT2D eigenvalue weighted by atomic mass is 35.5. The Hall–Kier alpha value is -3.19. The first-order valence-electron chi connectivity index (χ1n) is 14.0. The van der Waals surface area contributed by atoms with E-state index in [0.29, 0.717) is 33.2 Å². The second kappa shape index (κ2) is 12.4. The lowest BCUT2D eigenvalue weighted by molar-refractivity contribution is 0.0598. The molecule has 216 valence electrons. The van der Waals surface area contributed by atoms with Crippen LogP contribution in [0, 0.1) is 5.41 Å². The Labute approximate surface area is 252 Å². The normalized spacial score (nSPS) is 17.4. The van der Waals surface area contributed by atoms with Gasteiger partial charge in [0.15, 0.2) is 0 Å². The maximum Gasteiger partial charge on any atom is 0.341 e. The van der Waals surface area contributed by atoms with E-state index in [4.69, 9.17) is 38.4 Å². The van der Waals surface area contributed by atoms with E-state index in [0.717, 1.165) is 56.3 Å². The number of anilines is 2. The molecular weight excluding hydrogens is 557 g/mol. The first-order chi connectivity index (χ1) is 19.6. The van der Waals surface area contributed by atoms with Crippen LogP contribution in [0.25, 0.3) is 5.57 Å². The van der Waals surface area contributed by atoms with Crippen LogP contribution in [-0.4, -0.2) is 50.7 Å². The lowest BCUT2D eigenvalue weighted by Crippen LogP contribution is -2.47. The molecule has 0 aromatic heterocycles. The number of halogens is 2. The molecule has 2 aliphatic rings. The molecule has 1 aliphatic carbocycles. The van der Waals surface area contributed by atoms with Crippen LogP contribution in [-0.2, 0) is 4.74 Å². The SMILES string of the molecule is COC(=O)c1ccc(N2CCN(CC3=C(c4ccc(Cl)cc4)CC(C)(C)CC3)CC2)cc1Oc1cc(N)cc(Cl)c1. The maximum atomic E-state index is 12.5. The van der Waals surface area contributed by atoms with E-state index in [1.807, 2.05) is 24.3 Å². The minimum absolute atomic E-state index is 0.296. The zero-order valence-corrected chi connectivity index (χ0v) is 25.4. The molecule has 1 heterocycles. The Kier molecular flexibility index (Phi) is 8.83. The molecule has 0 saturated carbocycles. The number of benzene rings is 3. The lowest BCUT2D eigenvalue weighted by atomic mass is 9.72. The summed E-state index contributed by atoms with van der Waals surface area (Å²) in [5.41, 5.74) is 12.4. The molecule has 0 atom stereocenters. The second-order valence-electron chi connectivity index (χ2n) is 11.7. The van der Waals surface area contributed by atoms with Crippen LogP contribution < -0.4 is 15.4 Å². The van der Waals surface area contributed by atoms with E-state index in [2.05, 4.69) is 35.8 Å². The quantitative estimate of drug-likeness (QED) is 0.221. The van der Waals surface area contributed by atoms with E-state index < -0.39 is 5.97 Å². The highest BCUT2D eigenvalue weighted by molar-refractivity contribution is 6.31. The zero-order valence-electron chi connectivity index (χ0n) is 23.9. The van der Waals surface area contributed by atoms with E-state index in [-0.39, 0.29) is 0 Å². The average Bonchev–Trinajstić information content (AvgIpc) is 2.94. The van der Waals surface area contributed by atoms with Crippen LogP contribution >= 0.6 is 23.2 Å². The van der Waals surface area contributed by atoms with Crippen molar-refractivity contribution in [2.24, 2.45) is 5.41 Å². The number of carbonyl (C=O) groups is 1. The number of methoxy groups -OCH3 is 1. The van der Waals surface area contributed by atoms with Gasteiger partial charge < -0.3 is 20.1 Å². The van der Waals surface area contributed by atoms with Crippen LogP contribution in [0.15, 0.2) is 66.2 Å². The van der Waals surface area contributed by atoms with Gasteiger partial charge in [-0.15, -0.1) is 0 Å². The van der Waals surface area contributed by atoms with Gasteiger partial charge in [0.2, 0.25) is 0 Å². The van der Waals surface area contributed by atoms with Gasteiger partial charge in [-0.2, -0.15) is 0 Å². The number of carbonyl (C=O) groups excluding carboxylic acids is 1. The average molecular weight is 595 g/mol. The number of rotatable bonds is 7. The van der Waals surface area contributed by atoms with Crippen molar-refractivity contribution in [2.45, 2.75) is 33.1 Å². The monoisotopic (exact) mass is 593 g/mol. The Morgan fingerprint density at radius 2 is 1.68 bits per heavy atom. The predicted molar refractivity (Wildman–Crippen MR) is 168 cm³/mol. The van der Waals surface area contributed by atoms with Crippen molar-refractivity contribution in [3.63, 3.8) is 0 Å². The molecule has 0 unspecified atom stereocenters. The molecule has 0 amide bonds. The highest BCUT2D eigenvalue weighted by Crippen LogP contribution is 2.43. The smallest absolute Gasteiger partial charge is 0.341 e. The van der Waals surface area contributed by atoms with Crippen molar-refractivity contribution in [2.75, 3.05) is 50.5 Å². The van der Waals surface area contributed by atoms with Crippen molar-refractivity contribution >= 4 is 46.1 Å². The minimum Gasteiger partial charge on any atom is -0.465 e. The summed E-state index contributed by atoms with van der Waals surface area (Å²) in [4.78, 5) is 17.4. The van der Waals surface area contributed by atoms with Gasteiger partial charge >= 0.3 is 5.97 Å². The molecule has 6 nitrogen and oxygen atoms in total. The fraction of sp³-hybridized carbons (Fsp3) is 0.364. The third kappa shape index (κ3) is 7.18. The summed E-state index contributed by atoms with van der Waals surface area (Å²) in [6.45, 7) is 9.34. The van der Waals surface area contributed by atoms with Crippen LogP contribution in [0.2, 0.25) is 10.0 Å². The van der Waals surface area contributed by atoms with E-state index in [1.54, 1.807) is 29.8 Å². The Morgan fingerprint density at radius 1 is 0.951 bits per heavy atom. The number of allylic oxidation sites excluding steroid dienone is 1. The first kappa shape index (κ1) is 29.3. The topological polar surface area (TPSA) is 68.0 Å². The number of hydrogen-bond acceptors (Lipinski definition) is 6. The number of ether oxygens (including phenoxy) is 2. The molecule has 5 rings (SSSR count). The molecule has 0 bridgehead atoms. The van der Waals surface area contributed by atoms with Gasteiger partial charge in [-0.25, -0.2) is 4.79 Å². The van der Waals surface area contributed by atoms with Crippen LogP contribution in [0.5, 0.6) is 11.5 Å². The molecule has 1 aliphatic heterocycles. The summed E-state index contributed by atoms with van der Waals surface area (Å²) in [7, 11) is 1.36. The number of nitrogen functional groups attached to an aromatic ring is 1. The third-order valence-corrected chi connectivity index (χ3v) is 8.49. The number of hydrogen-bond donors (Lipinski definition) is 1. The standard InChI is InChI=1S/C33H37Cl2N3O3/c1-33(2)11-10-23(30(20-33)22-4-6-24(34)7-5-22)21-37-12-14-38(15-13-37)27-8-9-29(32(39)40-3)31(19-27)41-28-17-25(35)16-26(36)18-28/h4-9,16-19H,10-15,20-21,36H2,1-3H3. The maximum absolute atomic E-state index is 12.5. The minimum atomic E-state index is -0.466. The van der Waals surface area contributed by atoms with Gasteiger partial charge in [-0.05, 0) is 72.2 Å². The predicted octanol–water partition coefficient (Wildman–Crippen LogP) is 7.94. The molecule has 1 saturated heterocycles. The van der Waals surface area contributed by atoms with E-state index in [9.17, 15) is 4.79 Å². The number of nitrogens with zero attached hydrogens (tertiary/aromatic N) is 2. The molecular formula is C33H37Cl2N3O3. The summed E-state index contributed by atoms with van der Waals surface area (Å²) in [5.74, 6) is 0.398. The van der Waals surface area contributed by atoms with Crippen LogP contribution in [0.3, 0.4) is 0 Å². The van der Waals surface area contributed by atoms with Gasteiger partial charge in [-0.3, -0.25) is 4.90 Å². The van der Waals surface area contributed by atoms with Gasteiger partial charge in [0.25, 0.3) is 0 Å². The lowest BCUT2D eigenvalue weighted by Gasteiger charge is -2.39. The van der Waals surface area contributed by atoms with Gasteiger partial charge in [-0.1, -0.05) is 54.8 Å². The summed E-state index contributed by atoms with van der Waals surface area (Å²) in [6, 6.07) is 18.9. The van der Waals surface area contributed by atoms with Crippen molar-refractivity contribution in [1.82, 2.24) is 4.90 Å². The Balaban J connectivity index is 1.31. The second-order valence-corrected chi connectivity index (χ2v) is 12.6. The van der Waals surface area contributed by atoms with Crippen molar-refractivity contribution < 1.29 is 14.3 Å².